The molecular weight excluding hydrogens is 352 g/mol. The zero-order valence-electron chi connectivity index (χ0n) is 16.4. The van der Waals surface area contributed by atoms with Crippen molar-refractivity contribution in [1.29, 1.82) is 0 Å². The number of Topliss-reactive ketones (excluding diaryl/α,β-unsaturated/α-hetero) is 1. The third-order valence-corrected chi connectivity index (χ3v) is 5.01. The normalized spacial score (nSPS) is 15.2. The molecule has 0 fully saturated rings. The van der Waals surface area contributed by atoms with Gasteiger partial charge < -0.3 is 9.57 Å². The van der Waals surface area contributed by atoms with Crippen molar-refractivity contribution in [1.82, 2.24) is 9.71 Å². The Balaban J connectivity index is 1.73. The molecule has 4 rings (SSSR count). The molecule has 0 bridgehead atoms. The minimum absolute atomic E-state index is 0.0644. The van der Waals surface area contributed by atoms with Gasteiger partial charge in [0.1, 0.15) is 25.2 Å². The second-order valence-corrected chi connectivity index (χ2v) is 7.92. The summed E-state index contributed by atoms with van der Waals surface area (Å²) in [5.74, 6) is 1.37. The minimum Gasteiger partial charge on any atom is -0.488 e. The molecule has 1 aromatic heterocycles. The maximum atomic E-state index is 12.7. The predicted molar refractivity (Wildman–Crippen MR) is 107 cm³/mol. The molecule has 0 N–H and O–H groups in total. The van der Waals surface area contributed by atoms with Crippen molar-refractivity contribution >= 4 is 5.78 Å². The number of para-hydroxylation sites is 1. The Labute approximate surface area is 164 Å². The summed E-state index contributed by atoms with van der Waals surface area (Å²) in [4.78, 5) is 23.1. The Bertz CT molecular complexity index is 1010. The van der Waals surface area contributed by atoms with E-state index in [4.69, 9.17) is 14.6 Å². The fourth-order valence-electron chi connectivity index (χ4n) is 3.74. The SMILES string of the molecule is COn1c(-c2ccccc2OCc2ccccc2)nc2c1C(=O)CC(C)(C)C2. The fraction of sp³-hybridized carbons (Fsp3) is 0.304. The fourth-order valence-corrected chi connectivity index (χ4v) is 3.74. The van der Waals surface area contributed by atoms with Gasteiger partial charge in [0.15, 0.2) is 11.6 Å². The van der Waals surface area contributed by atoms with E-state index in [1.165, 1.54) is 0 Å². The van der Waals surface area contributed by atoms with E-state index < -0.39 is 0 Å². The molecule has 0 spiro atoms. The van der Waals surface area contributed by atoms with Crippen molar-refractivity contribution in [3.05, 3.63) is 71.5 Å². The van der Waals surface area contributed by atoms with Gasteiger partial charge in [-0.1, -0.05) is 56.3 Å². The molecule has 0 radical (unpaired) electrons. The van der Waals surface area contributed by atoms with Crippen molar-refractivity contribution in [2.75, 3.05) is 7.11 Å². The number of imidazole rings is 1. The van der Waals surface area contributed by atoms with E-state index in [9.17, 15) is 4.79 Å². The number of ketones is 1. The molecule has 144 valence electrons. The number of benzene rings is 2. The highest BCUT2D eigenvalue weighted by molar-refractivity contribution is 5.98. The van der Waals surface area contributed by atoms with E-state index in [1.807, 2.05) is 54.6 Å². The van der Waals surface area contributed by atoms with Crippen LogP contribution in [0.2, 0.25) is 0 Å². The average molecular weight is 376 g/mol. The van der Waals surface area contributed by atoms with Gasteiger partial charge in [-0.2, -0.15) is 4.73 Å². The average Bonchev–Trinajstić information content (AvgIpc) is 3.04. The number of nitrogens with zero attached hydrogens (tertiary/aromatic N) is 2. The number of carbonyl (C=O) groups excluding carboxylic acids is 1. The quantitative estimate of drug-likeness (QED) is 0.665. The summed E-state index contributed by atoms with van der Waals surface area (Å²) in [5.41, 5.74) is 3.13. The number of hydrogen-bond donors (Lipinski definition) is 0. The molecular formula is C23H24N2O3. The predicted octanol–water partition coefficient (Wildman–Crippen LogP) is 4.34. The number of ether oxygens (including phenoxy) is 1. The highest BCUT2D eigenvalue weighted by atomic mass is 16.6. The minimum atomic E-state index is -0.0996. The highest BCUT2D eigenvalue weighted by Crippen LogP contribution is 2.38. The number of rotatable bonds is 5. The summed E-state index contributed by atoms with van der Waals surface area (Å²) < 4.78 is 7.64. The van der Waals surface area contributed by atoms with Crippen LogP contribution < -0.4 is 9.57 Å². The number of aromatic nitrogens is 2. The van der Waals surface area contributed by atoms with Gasteiger partial charge in [-0.3, -0.25) is 4.79 Å². The van der Waals surface area contributed by atoms with Crippen LogP contribution in [0.5, 0.6) is 5.75 Å². The smallest absolute Gasteiger partial charge is 0.185 e. The van der Waals surface area contributed by atoms with Crippen LogP contribution in [0, 0.1) is 5.41 Å². The van der Waals surface area contributed by atoms with Crippen molar-refractivity contribution in [3.63, 3.8) is 0 Å². The van der Waals surface area contributed by atoms with Crippen LogP contribution in [0.15, 0.2) is 54.6 Å². The molecule has 1 heterocycles. The van der Waals surface area contributed by atoms with Crippen LogP contribution in [-0.2, 0) is 13.0 Å². The molecule has 28 heavy (non-hydrogen) atoms. The van der Waals surface area contributed by atoms with Crippen LogP contribution in [0.4, 0.5) is 0 Å². The molecule has 0 saturated heterocycles. The third-order valence-electron chi connectivity index (χ3n) is 5.01. The first-order chi connectivity index (χ1) is 13.5. The van der Waals surface area contributed by atoms with E-state index in [-0.39, 0.29) is 11.2 Å². The largest absolute Gasteiger partial charge is 0.488 e. The van der Waals surface area contributed by atoms with E-state index in [0.29, 0.717) is 30.3 Å². The number of fused-ring (bicyclic) bond motifs is 1. The Morgan fingerprint density at radius 1 is 1.04 bits per heavy atom. The third kappa shape index (κ3) is 3.40. The van der Waals surface area contributed by atoms with Gasteiger partial charge in [-0.15, -0.1) is 0 Å². The van der Waals surface area contributed by atoms with Gasteiger partial charge in [0, 0.05) is 6.42 Å². The summed E-state index contributed by atoms with van der Waals surface area (Å²) in [6.07, 6.45) is 1.23. The Hall–Kier alpha value is -3.08. The lowest BCUT2D eigenvalue weighted by atomic mass is 9.77. The lowest BCUT2D eigenvalue weighted by Crippen LogP contribution is -2.29. The van der Waals surface area contributed by atoms with Gasteiger partial charge in [0.25, 0.3) is 0 Å². The first kappa shape index (κ1) is 18.3. The lowest BCUT2D eigenvalue weighted by Gasteiger charge is -2.27. The first-order valence-corrected chi connectivity index (χ1v) is 9.44. The maximum Gasteiger partial charge on any atom is 0.185 e. The van der Waals surface area contributed by atoms with Gasteiger partial charge in [0.2, 0.25) is 0 Å². The number of hydrogen-bond acceptors (Lipinski definition) is 4. The molecule has 1 aliphatic rings. The molecule has 0 atom stereocenters. The lowest BCUT2D eigenvalue weighted by molar-refractivity contribution is 0.0851. The molecule has 0 amide bonds. The second kappa shape index (κ2) is 7.15. The second-order valence-electron chi connectivity index (χ2n) is 7.92. The van der Waals surface area contributed by atoms with Crippen LogP contribution in [-0.4, -0.2) is 22.6 Å². The van der Waals surface area contributed by atoms with Crippen LogP contribution >= 0.6 is 0 Å². The maximum absolute atomic E-state index is 12.7. The summed E-state index contributed by atoms with van der Waals surface area (Å²) in [6, 6.07) is 17.7. The van der Waals surface area contributed by atoms with E-state index in [2.05, 4.69) is 13.8 Å². The molecule has 1 aliphatic carbocycles. The van der Waals surface area contributed by atoms with Gasteiger partial charge in [-0.05, 0) is 29.5 Å². The zero-order valence-corrected chi connectivity index (χ0v) is 16.4. The summed E-state index contributed by atoms with van der Waals surface area (Å²) in [5, 5.41) is 0. The molecule has 5 nitrogen and oxygen atoms in total. The Morgan fingerprint density at radius 2 is 1.75 bits per heavy atom. The van der Waals surface area contributed by atoms with Crippen molar-refractivity contribution in [2.45, 2.75) is 33.3 Å². The molecule has 0 unspecified atom stereocenters. The highest BCUT2D eigenvalue weighted by Gasteiger charge is 2.37. The van der Waals surface area contributed by atoms with Gasteiger partial charge in [0.05, 0.1) is 11.3 Å². The summed E-state index contributed by atoms with van der Waals surface area (Å²) >= 11 is 0. The molecule has 2 aromatic carbocycles. The van der Waals surface area contributed by atoms with E-state index >= 15 is 0 Å². The van der Waals surface area contributed by atoms with Gasteiger partial charge >= 0.3 is 0 Å². The van der Waals surface area contributed by atoms with Gasteiger partial charge in [-0.25, -0.2) is 4.98 Å². The van der Waals surface area contributed by atoms with E-state index in [0.717, 1.165) is 23.2 Å². The van der Waals surface area contributed by atoms with Crippen LogP contribution in [0.25, 0.3) is 11.4 Å². The van der Waals surface area contributed by atoms with Crippen molar-refractivity contribution in [3.8, 4) is 17.1 Å². The molecule has 0 aliphatic heterocycles. The zero-order chi connectivity index (χ0) is 19.7. The molecule has 0 saturated carbocycles. The first-order valence-electron chi connectivity index (χ1n) is 9.44. The summed E-state index contributed by atoms with van der Waals surface area (Å²) in [6.45, 7) is 4.64. The molecule has 5 heteroatoms. The van der Waals surface area contributed by atoms with Crippen LogP contribution in [0.3, 0.4) is 0 Å². The number of carbonyl (C=O) groups is 1. The molecule has 3 aromatic rings. The monoisotopic (exact) mass is 376 g/mol. The van der Waals surface area contributed by atoms with Crippen molar-refractivity contribution in [2.24, 2.45) is 5.41 Å². The van der Waals surface area contributed by atoms with Crippen molar-refractivity contribution < 1.29 is 14.4 Å². The standard InChI is InChI=1S/C23H24N2O3/c1-23(2)13-18-21(19(26)14-23)25(27-3)22(24-18)17-11-7-8-12-20(17)28-15-16-9-5-4-6-10-16/h4-12H,13-15H2,1-3H3. The summed E-state index contributed by atoms with van der Waals surface area (Å²) in [7, 11) is 1.56. The van der Waals surface area contributed by atoms with E-state index in [1.54, 1.807) is 11.8 Å². The van der Waals surface area contributed by atoms with Crippen LogP contribution in [0.1, 0.15) is 42.0 Å². The Kier molecular flexibility index (Phi) is 4.67. The topological polar surface area (TPSA) is 53.4 Å². The Morgan fingerprint density at radius 3 is 2.50 bits per heavy atom.